The second kappa shape index (κ2) is 10.0. The zero-order valence-electron chi connectivity index (χ0n) is 3.78. The first-order valence-electron chi connectivity index (χ1n) is 1.70. The van der Waals surface area contributed by atoms with E-state index in [0.717, 1.165) is 0 Å². The molecule has 7 heavy (non-hydrogen) atoms. The van der Waals surface area contributed by atoms with Crippen molar-refractivity contribution in [2.24, 2.45) is 0 Å². The van der Waals surface area contributed by atoms with Gasteiger partial charge in [0.15, 0.2) is 0 Å². The molecule has 0 aromatic carbocycles. The molecule has 0 fully saturated rings. The van der Waals surface area contributed by atoms with Crippen molar-refractivity contribution in [1.29, 1.82) is 0 Å². The molecule has 1 radical (unpaired) electrons. The molecule has 0 saturated heterocycles. The molecule has 0 aliphatic heterocycles. The molecule has 0 saturated carbocycles. The molecule has 0 heterocycles. The van der Waals surface area contributed by atoms with Crippen LogP contribution in [0.3, 0.4) is 0 Å². The Morgan fingerprint density at radius 3 is 1.43 bits per heavy atom. The van der Waals surface area contributed by atoms with E-state index in [2.05, 4.69) is 6.92 Å². The summed E-state index contributed by atoms with van der Waals surface area (Å²) >= 11 is 0. The van der Waals surface area contributed by atoms with Gasteiger partial charge in [-0.2, -0.15) is 0 Å². The van der Waals surface area contributed by atoms with E-state index in [-0.39, 0.29) is 37.7 Å². The third kappa shape index (κ3) is 19.6. The van der Waals surface area contributed by atoms with Crippen molar-refractivity contribution < 1.29 is 0 Å². The summed E-state index contributed by atoms with van der Waals surface area (Å²) in [6.07, 6.45) is 1.83. The average molecular weight is 85.0 g/mol. The molecular formula is C5H11Li2. The second-order valence-corrected chi connectivity index (χ2v) is 1.28. The summed E-state index contributed by atoms with van der Waals surface area (Å²) in [5.41, 5.74) is 1.27. The first-order valence-corrected chi connectivity index (χ1v) is 1.70. The first-order chi connectivity index (χ1) is 2.27. The van der Waals surface area contributed by atoms with E-state index < -0.39 is 0 Å². The Morgan fingerprint density at radius 2 is 1.43 bits per heavy atom. The Bertz CT molecular complexity index is 44.0. The molecule has 0 spiro atoms. The number of rotatable bonds is 0. The topological polar surface area (TPSA) is 0 Å². The molecule has 0 unspecified atom stereocenters. The number of hydrogen-bond acceptors (Lipinski definition) is 0. The van der Waals surface area contributed by atoms with Gasteiger partial charge in [-0.25, -0.2) is 0 Å². The van der Waals surface area contributed by atoms with Crippen molar-refractivity contribution in [2.45, 2.75) is 13.8 Å². The number of allylic oxidation sites excluding steroid dienone is 2. The van der Waals surface area contributed by atoms with Crippen molar-refractivity contribution in [3.05, 3.63) is 18.6 Å². The van der Waals surface area contributed by atoms with Crippen molar-refractivity contribution in [3.8, 4) is 0 Å². The summed E-state index contributed by atoms with van der Waals surface area (Å²) in [5.74, 6) is 0. The summed E-state index contributed by atoms with van der Waals surface area (Å²) in [6, 6.07) is 0. The molecular weight excluding hydrogens is 73.9 g/mol. The molecule has 0 atom stereocenters. The van der Waals surface area contributed by atoms with Gasteiger partial charge in [-0.1, -0.05) is 11.6 Å². The minimum atomic E-state index is 0. The van der Waals surface area contributed by atoms with Gasteiger partial charge in [-0.05, 0) is 20.8 Å². The van der Waals surface area contributed by atoms with Crippen molar-refractivity contribution in [3.63, 3.8) is 0 Å². The van der Waals surface area contributed by atoms with E-state index in [0.29, 0.717) is 0 Å². The minimum absolute atomic E-state index is 0. The Hall–Kier alpha value is 0.935. The van der Waals surface area contributed by atoms with Crippen LogP contribution in [0.5, 0.6) is 0 Å². The summed E-state index contributed by atoms with van der Waals surface area (Å²) in [6.45, 7) is 7.56. The van der Waals surface area contributed by atoms with E-state index in [1.54, 1.807) is 0 Å². The van der Waals surface area contributed by atoms with E-state index in [1.807, 2.05) is 19.9 Å². The van der Waals surface area contributed by atoms with Gasteiger partial charge in [0, 0.05) is 0 Å². The van der Waals surface area contributed by atoms with E-state index in [4.69, 9.17) is 0 Å². The standard InChI is InChI=1S/C5H9.2Li.2H/c1-4-5(2)3;;;;/h4H,1H2,2-3H3;;;;. The van der Waals surface area contributed by atoms with Crippen LogP contribution in [0.4, 0.5) is 0 Å². The van der Waals surface area contributed by atoms with Crippen LogP contribution in [-0.2, 0) is 0 Å². The Morgan fingerprint density at radius 1 is 1.29 bits per heavy atom. The van der Waals surface area contributed by atoms with Gasteiger partial charge in [-0.15, -0.1) is 0 Å². The van der Waals surface area contributed by atoms with Crippen LogP contribution in [0.25, 0.3) is 0 Å². The zero-order chi connectivity index (χ0) is 4.28. The molecule has 0 nitrogen and oxygen atoms in total. The first kappa shape index (κ1) is 15.7. The third-order valence-corrected chi connectivity index (χ3v) is 0.408. The zero-order valence-corrected chi connectivity index (χ0v) is 3.78. The molecule has 0 aromatic heterocycles. The predicted molar refractivity (Wildman–Crippen MR) is 39.1 cm³/mol. The van der Waals surface area contributed by atoms with Crippen LogP contribution >= 0.6 is 0 Å². The van der Waals surface area contributed by atoms with Crippen LogP contribution in [0.2, 0.25) is 0 Å². The summed E-state index contributed by atoms with van der Waals surface area (Å²) in [7, 11) is 0. The fourth-order valence-corrected chi connectivity index (χ4v) is 0. The molecule has 2 heteroatoms. The monoisotopic (exact) mass is 85.1 g/mol. The molecule has 0 aliphatic rings. The summed E-state index contributed by atoms with van der Waals surface area (Å²) in [4.78, 5) is 0. The van der Waals surface area contributed by atoms with Gasteiger partial charge in [0.1, 0.15) is 0 Å². The van der Waals surface area contributed by atoms with Crippen LogP contribution < -0.4 is 0 Å². The Balaban J connectivity index is -0.0000000800. The Labute approximate surface area is 70.1 Å². The summed E-state index contributed by atoms with van der Waals surface area (Å²) in [5, 5.41) is 0. The van der Waals surface area contributed by atoms with Gasteiger partial charge in [-0.3, -0.25) is 0 Å². The SMILES string of the molecule is [CH2]C=C(C)C.[LiH].[LiH]. The van der Waals surface area contributed by atoms with Gasteiger partial charge >= 0.3 is 37.7 Å². The van der Waals surface area contributed by atoms with E-state index >= 15 is 0 Å². The van der Waals surface area contributed by atoms with Crippen molar-refractivity contribution in [1.82, 2.24) is 0 Å². The van der Waals surface area contributed by atoms with Gasteiger partial charge in [0.2, 0.25) is 0 Å². The quantitative estimate of drug-likeness (QED) is 0.375. The van der Waals surface area contributed by atoms with E-state index in [1.165, 1.54) is 5.57 Å². The van der Waals surface area contributed by atoms with Gasteiger partial charge in [0.25, 0.3) is 0 Å². The van der Waals surface area contributed by atoms with E-state index in [9.17, 15) is 0 Å². The second-order valence-electron chi connectivity index (χ2n) is 1.28. The Kier molecular flexibility index (Phi) is 22.5. The molecule has 0 rings (SSSR count). The maximum absolute atomic E-state index is 3.52. The summed E-state index contributed by atoms with van der Waals surface area (Å²) < 4.78 is 0. The van der Waals surface area contributed by atoms with Gasteiger partial charge in [0.05, 0.1) is 0 Å². The van der Waals surface area contributed by atoms with Gasteiger partial charge < -0.3 is 0 Å². The molecule has 0 bridgehead atoms. The molecule has 33 valence electrons. The molecule has 0 N–H and O–H groups in total. The van der Waals surface area contributed by atoms with Crippen LogP contribution in [0.15, 0.2) is 11.6 Å². The maximum atomic E-state index is 3.52. The fourth-order valence-electron chi connectivity index (χ4n) is 0. The van der Waals surface area contributed by atoms with Crippen LogP contribution in [0, 0.1) is 6.92 Å². The molecule has 0 aromatic rings. The molecule has 0 aliphatic carbocycles. The normalized spacial score (nSPS) is 5.00. The number of hydrogen-bond donors (Lipinski definition) is 0. The fraction of sp³-hybridized carbons (Fsp3) is 0.400. The van der Waals surface area contributed by atoms with Crippen molar-refractivity contribution in [2.75, 3.05) is 0 Å². The van der Waals surface area contributed by atoms with Crippen LogP contribution in [-0.4, -0.2) is 37.7 Å². The van der Waals surface area contributed by atoms with Crippen LogP contribution in [0.1, 0.15) is 13.8 Å². The molecule has 0 amide bonds. The predicted octanol–water partition coefficient (Wildman–Crippen LogP) is 0.490. The van der Waals surface area contributed by atoms with Crippen molar-refractivity contribution >= 4 is 37.7 Å². The average Bonchev–Trinajstić information content (AvgIpc) is 1.38. The third-order valence-electron chi connectivity index (χ3n) is 0.408.